The van der Waals surface area contributed by atoms with Crippen molar-refractivity contribution >= 4 is 11.5 Å². The van der Waals surface area contributed by atoms with Crippen molar-refractivity contribution in [3.63, 3.8) is 0 Å². The molecular formula is C25H21N2O5+. The lowest BCUT2D eigenvalue weighted by molar-refractivity contribution is -0.669. The van der Waals surface area contributed by atoms with Gasteiger partial charge in [-0.15, -0.1) is 0 Å². The number of rotatable bonds is 6. The Morgan fingerprint density at radius 2 is 1.72 bits per heavy atom. The smallest absolute Gasteiger partial charge is 0.352 e. The summed E-state index contributed by atoms with van der Waals surface area (Å²) in [4.78, 5) is 25.6. The van der Waals surface area contributed by atoms with Gasteiger partial charge in [0.15, 0.2) is 11.5 Å². The maximum atomic E-state index is 13.6. The molecule has 160 valence electrons. The molecule has 0 unspecified atom stereocenters. The second-order valence-corrected chi connectivity index (χ2v) is 7.25. The van der Waals surface area contributed by atoms with Crippen LogP contribution in [-0.4, -0.2) is 17.8 Å². The second-order valence-electron chi connectivity index (χ2n) is 7.25. The molecule has 0 aliphatic heterocycles. The first-order chi connectivity index (χ1) is 15.4. The number of hydrogen-bond donors (Lipinski definition) is 0. The predicted molar refractivity (Wildman–Crippen MR) is 119 cm³/mol. The van der Waals surface area contributed by atoms with Gasteiger partial charge in [-0.2, -0.15) is 4.57 Å². The number of furan rings is 1. The normalized spacial score (nSPS) is 10.7. The predicted octanol–water partition coefficient (Wildman–Crippen LogP) is 4.89. The van der Waals surface area contributed by atoms with Crippen LogP contribution in [0.15, 0.2) is 77.4 Å². The minimum Gasteiger partial charge on any atom is -0.497 e. The van der Waals surface area contributed by atoms with Crippen LogP contribution in [0.2, 0.25) is 0 Å². The fourth-order valence-corrected chi connectivity index (χ4v) is 3.84. The van der Waals surface area contributed by atoms with Gasteiger partial charge in [0.25, 0.3) is 5.69 Å². The van der Waals surface area contributed by atoms with Crippen LogP contribution in [0.1, 0.15) is 21.6 Å². The molecule has 2 aromatic heterocycles. The van der Waals surface area contributed by atoms with E-state index in [0.29, 0.717) is 28.3 Å². The Hall–Kier alpha value is -4.26. The van der Waals surface area contributed by atoms with Crippen molar-refractivity contribution in [2.75, 3.05) is 7.11 Å². The molecule has 32 heavy (non-hydrogen) atoms. The number of methoxy groups -OCH3 is 1. The van der Waals surface area contributed by atoms with Crippen LogP contribution in [0, 0.1) is 17.0 Å². The largest absolute Gasteiger partial charge is 0.497 e. The van der Waals surface area contributed by atoms with Gasteiger partial charge >= 0.3 is 5.69 Å². The summed E-state index contributed by atoms with van der Waals surface area (Å²) in [6.45, 7) is 1.78. The van der Waals surface area contributed by atoms with Gasteiger partial charge < -0.3 is 9.15 Å². The van der Waals surface area contributed by atoms with E-state index in [9.17, 15) is 14.9 Å². The Balaban J connectivity index is 2.08. The summed E-state index contributed by atoms with van der Waals surface area (Å²) < 4.78 is 12.4. The van der Waals surface area contributed by atoms with E-state index in [4.69, 9.17) is 9.15 Å². The lowest BCUT2D eigenvalue weighted by atomic mass is 9.92. The van der Waals surface area contributed by atoms with Gasteiger partial charge in [0.05, 0.1) is 23.9 Å². The molecule has 0 saturated carbocycles. The van der Waals surface area contributed by atoms with Crippen molar-refractivity contribution in [1.82, 2.24) is 0 Å². The number of aromatic nitrogens is 1. The number of hydrogen-bond acceptors (Lipinski definition) is 5. The minimum atomic E-state index is -0.454. The average Bonchev–Trinajstić information content (AvgIpc) is 3.35. The summed E-state index contributed by atoms with van der Waals surface area (Å²) in [6, 6.07) is 19.0. The summed E-state index contributed by atoms with van der Waals surface area (Å²) in [5.41, 5.74) is 2.24. The van der Waals surface area contributed by atoms with Gasteiger partial charge in [-0.25, -0.2) is 0 Å². The third-order valence-electron chi connectivity index (χ3n) is 5.49. The van der Waals surface area contributed by atoms with Crippen molar-refractivity contribution in [1.29, 1.82) is 0 Å². The molecule has 0 amide bonds. The lowest BCUT2D eigenvalue weighted by Gasteiger charge is -2.13. The number of carbonyl (C=O) groups excluding carboxylic acids is 1. The van der Waals surface area contributed by atoms with Crippen molar-refractivity contribution in [2.45, 2.75) is 6.92 Å². The molecule has 0 spiro atoms. The molecule has 4 rings (SSSR count). The highest BCUT2D eigenvalue weighted by atomic mass is 16.6. The van der Waals surface area contributed by atoms with Crippen LogP contribution in [-0.2, 0) is 7.05 Å². The molecule has 7 nitrogen and oxygen atoms in total. The van der Waals surface area contributed by atoms with Crippen molar-refractivity contribution in [3.8, 4) is 28.3 Å². The van der Waals surface area contributed by atoms with Crippen LogP contribution in [0.25, 0.3) is 22.6 Å². The van der Waals surface area contributed by atoms with Crippen LogP contribution in [0.4, 0.5) is 5.69 Å². The summed E-state index contributed by atoms with van der Waals surface area (Å²) >= 11 is 0. The van der Waals surface area contributed by atoms with E-state index in [-0.39, 0.29) is 28.4 Å². The SMILES string of the molecule is COc1ccc(C(=O)c2c(-c3ccco3)c([N+](=O)[O-])c(-c3ccccc3)[n+](C)c2C)cc1. The molecular weight excluding hydrogens is 408 g/mol. The standard InChI is InChI=1S/C25H21N2O5/c1-16-21(25(28)18-11-13-19(31-3)14-12-18)22(20-10-7-15-32-20)24(27(29)30)23(26(16)2)17-8-5-4-6-9-17/h4-15H,1-3H3/q+1. The lowest BCUT2D eigenvalue weighted by Crippen LogP contribution is -2.38. The van der Waals surface area contributed by atoms with E-state index in [0.717, 1.165) is 0 Å². The van der Waals surface area contributed by atoms with E-state index in [1.807, 2.05) is 18.2 Å². The zero-order chi connectivity index (χ0) is 22.8. The number of benzene rings is 2. The molecule has 0 aliphatic carbocycles. The Morgan fingerprint density at radius 1 is 1.03 bits per heavy atom. The number of nitrogens with zero attached hydrogens (tertiary/aromatic N) is 2. The molecule has 0 aliphatic rings. The van der Waals surface area contributed by atoms with Gasteiger partial charge in [0, 0.05) is 12.5 Å². The quantitative estimate of drug-likeness (QED) is 0.188. The first kappa shape index (κ1) is 21.0. The van der Waals surface area contributed by atoms with Crippen molar-refractivity contribution in [3.05, 3.63) is 99.9 Å². The number of pyridine rings is 1. The first-order valence-corrected chi connectivity index (χ1v) is 9.93. The maximum Gasteiger partial charge on any atom is 0.352 e. The van der Waals surface area contributed by atoms with E-state index in [2.05, 4.69) is 0 Å². The average molecular weight is 429 g/mol. The highest BCUT2D eigenvalue weighted by Gasteiger charge is 2.39. The van der Waals surface area contributed by atoms with Crippen molar-refractivity contribution in [2.24, 2.45) is 7.05 Å². The number of ketones is 1. The fourth-order valence-electron chi connectivity index (χ4n) is 3.84. The molecule has 0 radical (unpaired) electrons. The molecule has 0 atom stereocenters. The molecule has 2 aromatic carbocycles. The molecule has 7 heteroatoms. The van der Waals surface area contributed by atoms with Gasteiger partial charge in [-0.05, 0) is 48.5 Å². The zero-order valence-corrected chi connectivity index (χ0v) is 17.9. The van der Waals surface area contributed by atoms with E-state index in [1.165, 1.54) is 6.26 Å². The monoisotopic (exact) mass is 429 g/mol. The number of ether oxygens (including phenoxy) is 1. The molecule has 0 fully saturated rings. The van der Waals surface area contributed by atoms with Gasteiger partial charge in [0.2, 0.25) is 0 Å². The minimum absolute atomic E-state index is 0.162. The van der Waals surface area contributed by atoms with E-state index in [1.54, 1.807) is 74.2 Å². The van der Waals surface area contributed by atoms with Crippen LogP contribution >= 0.6 is 0 Å². The molecule has 0 saturated heterocycles. The molecule has 4 aromatic rings. The molecule has 0 bridgehead atoms. The molecule has 2 heterocycles. The summed E-state index contributed by atoms with van der Waals surface area (Å²) in [6.07, 6.45) is 1.44. The van der Waals surface area contributed by atoms with Gasteiger partial charge in [0.1, 0.15) is 29.7 Å². The highest BCUT2D eigenvalue weighted by molar-refractivity contribution is 6.14. The van der Waals surface area contributed by atoms with Crippen LogP contribution in [0.3, 0.4) is 0 Å². The topological polar surface area (TPSA) is 86.5 Å². The van der Waals surface area contributed by atoms with Gasteiger partial charge in [-0.1, -0.05) is 18.2 Å². The Morgan fingerprint density at radius 3 is 2.28 bits per heavy atom. The third-order valence-corrected chi connectivity index (χ3v) is 5.49. The number of nitro groups is 1. The Kier molecular flexibility index (Phi) is 5.55. The first-order valence-electron chi connectivity index (χ1n) is 9.93. The van der Waals surface area contributed by atoms with Gasteiger partial charge in [-0.3, -0.25) is 14.9 Å². The third kappa shape index (κ3) is 3.54. The second kappa shape index (κ2) is 8.47. The zero-order valence-electron chi connectivity index (χ0n) is 17.9. The Labute approximate surface area is 184 Å². The maximum absolute atomic E-state index is 13.6. The summed E-state index contributed by atoms with van der Waals surface area (Å²) in [5, 5.41) is 12.4. The van der Waals surface area contributed by atoms with E-state index >= 15 is 0 Å². The number of carbonyl (C=O) groups is 1. The summed E-state index contributed by atoms with van der Waals surface area (Å²) in [7, 11) is 3.27. The summed E-state index contributed by atoms with van der Waals surface area (Å²) in [5.74, 6) is 0.532. The Bertz CT molecular complexity index is 1290. The van der Waals surface area contributed by atoms with Crippen molar-refractivity contribution < 1.29 is 23.4 Å². The fraction of sp³-hybridized carbons (Fsp3) is 0.120. The highest BCUT2D eigenvalue weighted by Crippen LogP contribution is 2.41. The van der Waals surface area contributed by atoms with Crippen LogP contribution < -0.4 is 9.30 Å². The van der Waals surface area contributed by atoms with Crippen LogP contribution in [0.5, 0.6) is 5.75 Å². The molecule has 0 N–H and O–H groups in total. The van der Waals surface area contributed by atoms with E-state index < -0.39 is 4.92 Å².